The third-order valence-corrected chi connectivity index (χ3v) is 5.77. The number of piperidine rings is 1. The van der Waals surface area contributed by atoms with E-state index in [9.17, 15) is 8.42 Å². The highest BCUT2D eigenvalue weighted by Gasteiger charge is 2.48. The fourth-order valence-electron chi connectivity index (χ4n) is 2.91. The Labute approximate surface area is 108 Å². The van der Waals surface area contributed by atoms with Crippen molar-refractivity contribution in [2.45, 2.75) is 17.7 Å². The fraction of sp³-hybridized carbons (Fsp3) is 0.538. The van der Waals surface area contributed by atoms with E-state index in [1.165, 1.54) is 0 Å². The number of rotatable bonds is 2. The fourth-order valence-corrected chi connectivity index (χ4v) is 4.60. The second kappa shape index (κ2) is 4.33. The molecule has 0 unspecified atom stereocenters. The molecule has 1 N–H and O–H groups in total. The number of benzene rings is 1. The van der Waals surface area contributed by atoms with Crippen molar-refractivity contribution in [2.24, 2.45) is 5.41 Å². The van der Waals surface area contributed by atoms with E-state index in [-0.39, 0.29) is 5.41 Å². The highest BCUT2D eigenvalue weighted by molar-refractivity contribution is 7.89. The summed E-state index contributed by atoms with van der Waals surface area (Å²) in [6.45, 7) is 3.34. The van der Waals surface area contributed by atoms with Crippen molar-refractivity contribution in [2.75, 3.05) is 26.2 Å². The third kappa shape index (κ3) is 1.96. The molecule has 5 heteroatoms. The van der Waals surface area contributed by atoms with Crippen LogP contribution in [0.2, 0.25) is 0 Å². The van der Waals surface area contributed by atoms with Crippen molar-refractivity contribution in [1.29, 1.82) is 0 Å². The van der Waals surface area contributed by atoms with Crippen molar-refractivity contribution in [1.82, 2.24) is 9.62 Å². The number of nitrogens with zero attached hydrogens (tertiary/aromatic N) is 1. The van der Waals surface area contributed by atoms with Crippen LogP contribution in [0.5, 0.6) is 0 Å². The molecule has 0 amide bonds. The minimum absolute atomic E-state index is 0.195. The average molecular weight is 266 g/mol. The summed E-state index contributed by atoms with van der Waals surface area (Å²) in [5, 5.41) is 3.37. The molecular weight excluding hydrogens is 248 g/mol. The maximum atomic E-state index is 12.3. The first-order chi connectivity index (χ1) is 8.62. The normalized spacial score (nSPS) is 23.8. The average Bonchev–Trinajstić information content (AvgIpc) is 2.38. The SMILES string of the molecule is O=S(=O)(c1ccccc1)N1CC2(CCCNC2)C1. The van der Waals surface area contributed by atoms with Gasteiger partial charge in [0.1, 0.15) is 0 Å². The van der Waals surface area contributed by atoms with E-state index < -0.39 is 10.0 Å². The van der Waals surface area contributed by atoms with Gasteiger partial charge in [-0.2, -0.15) is 4.31 Å². The summed E-state index contributed by atoms with van der Waals surface area (Å²) in [6, 6.07) is 8.70. The predicted octanol–water partition coefficient (Wildman–Crippen LogP) is 1.06. The Morgan fingerprint density at radius 1 is 1.17 bits per heavy atom. The van der Waals surface area contributed by atoms with Gasteiger partial charge in [-0.05, 0) is 31.5 Å². The van der Waals surface area contributed by atoms with Gasteiger partial charge in [0.25, 0.3) is 0 Å². The number of hydrogen-bond acceptors (Lipinski definition) is 3. The van der Waals surface area contributed by atoms with E-state index in [4.69, 9.17) is 0 Å². The van der Waals surface area contributed by atoms with Crippen LogP contribution in [0.15, 0.2) is 35.2 Å². The standard InChI is InChI=1S/C13H18N2O2S/c16-18(17,12-5-2-1-3-6-12)15-10-13(11-15)7-4-8-14-9-13/h1-3,5-6,14H,4,7-11H2. The molecule has 18 heavy (non-hydrogen) atoms. The third-order valence-electron chi connectivity index (χ3n) is 3.97. The van der Waals surface area contributed by atoms with Gasteiger partial charge in [0.2, 0.25) is 10.0 Å². The molecule has 0 saturated carbocycles. The lowest BCUT2D eigenvalue weighted by molar-refractivity contribution is 0.0435. The second-order valence-corrected chi connectivity index (χ2v) is 7.30. The molecule has 2 aliphatic heterocycles. The van der Waals surface area contributed by atoms with Crippen LogP contribution < -0.4 is 5.32 Å². The Hall–Kier alpha value is -0.910. The van der Waals surface area contributed by atoms with E-state index in [2.05, 4.69) is 5.32 Å². The molecule has 0 atom stereocenters. The Bertz CT molecular complexity index is 513. The molecule has 0 aliphatic carbocycles. The van der Waals surface area contributed by atoms with Gasteiger partial charge < -0.3 is 5.32 Å². The number of nitrogens with one attached hydrogen (secondary N) is 1. The van der Waals surface area contributed by atoms with Gasteiger partial charge in [-0.15, -0.1) is 0 Å². The Balaban J connectivity index is 1.74. The van der Waals surface area contributed by atoms with Crippen molar-refractivity contribution in [3.05, 3.63) is 30.3 Å². The Kier molecular flexibility index (Phi) is 2.92. The summed E-state index contributed by atoms with van der Waals surface area (Å²) < 4.78 is 26.3. The first-order valence-corrected chi connectivity index (χ1v) is 7.82. The lowest BCUT2D eigenvalue weighted by Crippen LogP contribution is -2.63. The molecule has 2 fully saturated rings. The molecule has 4 nitrogen and oxygen atoms in total. The van der Waals surface area contributed by atoms with Crippen LogP contribution in [0.25, 0.3) is 0 Å². The first-order valence-electron chi connectivity index (χ1n) is 6.38. The van der Waals surface area contributed by atoms with E-state index in [1.807, 2.05) is 6.07 Å². The van der Waals surface area contributed by atoms with Gasteiger partial charge in [-0.25, -0.2) is 8.42 Å². The van der Waals surface area contributed by atoms with Gasteiger partial charge in [0.05, 0.1) is 4.90 Å². The van der Waals surface area contributed by atoms with Crippen LogP contribution in [-0.4, -0.2) is 38.9 Å². The molecule has 0 bridgehead atoms. The molecule has 2 heterocycles. The summed E-state index contributed by atoms with van der Waals surface area (Å²) in [5.74, 6) is 0. The molecule has 1 aromatic carbocycles. The van der Waals surface area contributed by atoms with Gasteiger partial charge >= 0.3 is 0 Å². The topological polar surface area (TPSA) is 49.4 Å². The Morgan fingerprint density at radius 2 is 1.89 bits per heavy atom. The van der Waals surface area contributed by atoms with Gasteiger partial charge in [-0.1, -0.05) is 18.2 Å². The van der Waals surface area contributed by atoms with Crippen LogP contribution in [-0.2, 0) is 10.0 Å². The van der Waals surface area contributed by atoms with Crippen LogP contribution in [0.1, 0.15) is 12.8 Å². The van der Waals surface area contributed by atoms with Crippen LogP contribution in [0.4, 0.5) is 0 Å². The summed E-state index contributed by atoms with van der Waals surface area (Å²) in [7, 11) is -3.27. The minimum Gasteiger partial charge on any atom is -0.316 e. The largest absolute Gasteiger partial charge is 0.316 e. The van der Waals surface area contributed by atoms with E-state index >= 15 is 0 Å². The predicted molar refractivity (Wildman–Crippen MR) is 69.7 cm³/mol. The lowest BCUT2D eigenvalue weighted by atomic mass is 9.75. The minimum atomic E-state index is -3.27. The zero-order chi connectivity index (χ0) is 12.6. The molecule has 3 rings (SSSR count). The lowest BCUT2D eigenvalue weighted by Gasteiger charge is -2.51. The van der Waals surface area contributed by atoms with E-state index in [0.717, 1.165) is 25.9 Å². The maximum absolute atomic E-state index is 12.3. The molecule has 0 radical (unpaired) electrons. The van der Waals surface area contributed by atoms with Crippen LogP contribution in [0.3, 0.4) is 0 Å². The van der Waals surface area contributed by atoms with Crippen molar-refractivity contribution < 1.29 is 8.42 Å². The Morgan fingerprint density at radius 3 is 2.50 bits per heavy atom. The molecule has 2 aliphatic rings. The zero-order valence-electron chi connectivity index (χ0n) is 10.3. The van der Waals surface area contributed by atoms with E-state index in [1.54, 1.807) is 28.6 Å². The molecule has 2 saturated heterocycles. The van der Waals surface area contributed by atoms with Crippen LogP contribution in [0, 0.1) is 5.41 Å². The van der Waals surface area contributed by atoms with Crippen LogP contribution >= 0.6 is 0 Å². The number of sulfonamides is 1. The number of hydrogen-bond donors (Lipinski definition) is 1. The second-order valence-electron chi connectivity index (χ2n) is 5.37. The molecular formula is C13H18N2O2S. The van der Waals surface area contributed by atoms with Crippen molar-refractivity contribution in [3.8, 4) is 0 Å². The van der Waals surface area contributed by atoms with Gasteiger partial charge in [-0.3, -0.25) is 0 Å². The molecule has 98 valence electrons. The summed E-state index contributed by atoms with van der Waals surface area (Å²) in [5.41, 5.74) is 0.195. The molecule has 0 aromatic heterocycles. The smallest absolute Gasteiger partial charge is 0.243 e. The molecule has 1 aromatic rings. The van der Waals surface area contributed by atoms with Gasteiger partial charge in [0, 0.05) is 25.0 Å². The summed E-state index contributed by atoms with van der Waals surface area (Å²) in [6.07, 6.45) is 2.29. The highest BCUT2D eigenvalue weighted by atomic mass is 32.2. The van der Waals surface area contributed by atoms with Crippen molar-refractivity contribution >= 4 is 10.0 Å². The summed E-state index contributed by atoms with van der Waals surface area (Å²) in [4.78, 5) is 0.406. The monoisotopic (exact) mass is 266 g/mol. The van der Waals surface area contributed by atoms with Gasteiger partial charge in [0.15, 0.2) is 0 Å². The molecule has 1 spiro atoms. The maximum Gasteiger partial charge on any atom is 0.243 e. The van der Waals surface area contributed by atoms with E-state index in [0.29, 0.717) is 18.0 Å². The zero-order valence-corrected chi connectivity index (χ0v) is 11.1. The summed E-state index contributed by atoms with van der Waals surface area (Å²) >= 11 is 0. The van der Waals surface area contributed by atoms with Crippen molar-refractivity contribution in [3.63, 3.8) is 0 Å². The quantitative estimate of drug-likeness (QED) is 0.871. The first kappa shape index (κ1) is 12.1. The highest BCUT2D eigenvalue weighted by Crippen LogP contribution is 2.39.